The number of primary amides is 1. The second-order valence-corrected chi connectivity index (χ2v) is 7.35. The summed E-state index contributed by atoms with van der Waals surface area (Å²) in [7, 11) is 0. The Morgan fingerprint density at radius 3 is 2.61 bits per heavy atom. The molecule has 1 heterocycles. The van der Waals surface area contributed by atoms with E-state index in [0.717, 1.165) is 0 Å². The molecule has 0 aromatic heterocycles. The quantitative estimate of drug-likeness (QED) is 0.441. The van der Waals surface area contributed by atoms with Crippen LogP contribution in [0, 0.1) is 0 Å². The molecule has 0 bridgehead atoms. The van der Waals surface area contributed by atoms with Crippen molar-refractivity contribution in [2.45, 2.75) is 12.5 Å². The molecule has 0 radical (unpaired) electrons. The van der Waals surface area contributed by atoms with Crippen LogP contribution in [0.2, 0.25) is 0 Å². The van der Waals surface area contributed by atoms with Crippen LogP contribution < -0.4 is 31.2 Å². The molecule has 0 saturated heterocycles. The van der Waals surface area contributed by atoms with Crippen molar-refractivity contribution in [2.75, 3.05) is 17.2 Å². The largest absolute Gasteiger partial charge is 0.482 e. The molecule has 3 aromatic carbocycles. The summed E-state index contributed by atoms with van der Waals surface area (Å²) >= 11 is 0. The van der Waals surface area contributed by atoms with Crippen LogP contribution in [-0.4, -0.2) is 24.5 Å². The summed E-state index contributed by atoms with van der Waals surface area (Å²) in [4.78, 5) is 35.8. The number of hydrogen-bond acceptors (Lipinski definition) is 5. The van der Waals surface area contributed by atoms with Gasteiger partial charge in [0.05, 0.1) is 18.2 Å². The van der Waals surface area contributed by atoms with E-state index in [1.165, 1.54) is 0 Å². The average Bonchev–Trinajstić information content (AvgIpc) is 2.79. The second kappa shape index (κ2) is 9.73. The van der Waals surface area contributed by atoms with Crippen molar-refractivity contribution in [2.24, 2.45) is 5.73 Å². The number of nitrogens with two attached hydrogens (primary N) is 1. The minimum atomic E-state index is -0.754. The van der Waals surface area contributed by atoms with Crippen molar-refractivity contribution in [1.82, 2.24) is 5.32 Å². The van der Waals surface area contributed by atoms with E-state index < -0.39 is 12.1 Å². The Balaban J connectivity index is 1.47. The first-order chi connectivity index (χ1) is 16.0. The van der Waals surface area contributed by atoms with Crippen LogP contribution in [-0.2, 0) is 9.59 Å². The van der Waals surface area contributed by atoms with Crippen molar-refractivity contribution >= 4 is 29.2 Å². The first kappa shape index (κ1) is 21.7. The van der Waals surface area contributed by atoms with Crippen LogP contribution in [0.15, 0.2) is 72.8 Å². The third-order valence-corrected chi connectivity index (χ3v) is 4.84. The first-order valence-corrected chi connectivity index (χ1v) is 10.2. The number of rotatable bonds is 7. The van der Waals surface area contributed by atoms with E-state index in [9.17, 15) is 14.4 Å². The fourth-order valence-corrected chi connectivity index (χ4v) is 3.40. The van der Waals surface area contributed by atoms with E-state index in [-0.39, 0.29) is 24.8 Å². The molecule has 3 aromatic rings. The van der Waals surface area contributed by atoms with Gasteiger partial charge in [-0.2, -0.15) is 0 Å². The number of urea groups is 1. The average molecular weight is 446 g/mol. The molecule has 168 valence electrons. The van der Waals surface area contributed by atoms with E-state index >= 15 is 0 Å². The van der Waals surface area contributed by atoms with Crippen LogP contribution in [0.4, 0.5) is 16.2 Å². The minimum absolute atomic E-state index is 0.0494. The number of ether oxygens (including phenoxy) is 2. The summed E-state index contributed by atoms with van der Waals surface area (Å²) in [6.45, 7) is -0.0494. The van der Waals surface area contributed by atoms with Gasteiger partial charge in [-0.3, -0.25) is 9.59 Å². The number of benzene rings is 3. The topological polar surface area (TPSA) is 132 Å². The highest BCUT2D eigenvalue weighted by atomic mass is 16.5. The maximum Gasteiger partial charge on any atom is 0.312 e. The van der Waals surface area contributed by atoms with Crippen molar-refractivity contribution in [3.05, 3.63) is 78.4 Å². The fourth-order valence-electron chi connectivity index (χ4n) is 3.40. The Labute approximate surface area is 189 Å². The predicted octanol–water partition coefficient (Wildman–Crippen LogP) is 3.55. The number of fused-ring (bicyclic) bond motifs is 1. The summed E-state index contributed by atoms with van der Waals surface area (Å²) < 4.78 is 11.2. The number of anilines is 2. The molecule has 4 amide bonds. The highest BCUT2D eigenvalue weighted by Crippen LogP contribution is 2.31. The molecular formula is C24H22N4O5. The van der Waals surface area contributed by atoms with Gasteiger partial charge in [0.2, 0.25) is 5.91 Å². The van der Waals surface area contributed by atoms with Gasteiger partial charge < -0.3 is 31.2 Å². The van der Waals surface area contributed by atoms with Gasteiger partial charge in [-0.25, -0.2) is 4.79 Å². The first-order valence-electron chi connectivity index (χ1n) is 10.2. The highest BCUT2D eigenvalue weighted by Gasteiger charge is 2.20. The summed E-state index contributed by atoms with van der Waals surface area (Å²) in [5.41, 5.74) is 6.95. The van der Waals surface area contributed by atoms with Crippen molar-refractivity contribution in [3.8, 4) is 17.2 Å². The van der Waals surface area contributed by atoms with Gasteiger partial charge >= 0.3 is 6.03 Å². The summed E-state index contributed by atoms with van der Waals surface area (Å²) in [5.74, 6) is 1.12. The monoisotopic (exact) mass is 446 g/mol. The van der Waals surface area contributed by atoms with Gasteiger partial charge in [0.25, 0.3) is 5.91 Å². The minimum Gasteiger partial charge on any atom is -0.482 e. The lowest BCUT2D eigenvalue weighted by atomic mass is 10.0. The number of nitrogens with one attached hydrogen (secondary N) is 3. The van der Waals surface area contributed by atoms with Crippen molar-refractivity contribution in [3.63, 3.8) is 0 Å². The van der Waals surface area contributed by atoms with Gasteiger partial charge in [-0.15, -0.1) is 0 Å². The molecular weight excluding hydrogens is 424 g/mol. The van der Waals surface area contributed by atoms with E-state index in [4.69, 9.17) is 15.2 Å². The van der Waals surface area contributed by atoms with Crippen LogP contribution >= 0.6 is 0 Å². The van der Waals surface area contributed by atoms with Crippen molar-refractivity contribution < 1.29 is 23.9 Å². The number of hydrogen-bond donors (Lipinski definition) is 4. The third kappa shape index (κ3) is 5.79. The Morgan fingerprint density at radius 2 is 1.82 bits per heavy atom. The van der Waals surface area contributed by atoms with Crippen LogP contribution in [0.3, 0.4) is 0 Å². The molecule has 0 saturated carbocycles. The Hall–Kier alpha value is -4.53. The number of para-hydroxylation sites is 1. The Morgan fingerprint density at radius 1 is 1.03 bits per heavy atom. The molecule has 1 unspecified atom stereocenters. The van der Waals surface area contributed by atoms with Gasteiger partial charge in [0.15, 0.2) is 6.61 Å². The zero-order valence-electron chi connectivity index (χ0n) is 17.5. The second-order valence-electron chi connectivity index (χ2n) is 7.35. The Bertz CT molecular complexity index is 1180. The molecule has 1 aliphatic heterocycles. The zero-order valence-corrected chi connectivity index (χ0v) is 17.5. The van der Waals surface area contributed by atoms with E-state index in [1.807, 2.05) is 30.3 Å². The summed E-state index contributed by atoms with van der Waals surface area (Å²) in [6, 6.07) is 19.8. The van der Waals surface area contributed by atoms with Crippen molar-refractivity contribution in [1.29, 1.82) is 0 Å². The predicted molar refractivity (Wildman–Crippen MR) is 122 cm³/mol. The Kier molecular flexibility index (Phi) is 6.40. The normalized spacial score (nSPS) is 13.0. The van der Waals surface area contributed by atoms with Crippen LogP contribution in [0.1, 0.15) is 18.0 Å². The third-order valence-electron chi connectivity index (χ3n) is 4.84. The molecule has 9 heteroatoms. The zero-order chi connectivity index (χ0) is 23.2. The van der Waals surface area contributed by atoms with E-state index in [1.54, 1.807) is 42.5 Å². The van der Waals surface area contributed by atoms with Gasteiger partial charge in [-0.05, 0) is 48.0 Å². The molecule has 0 fully saturated rings. The standard InChI is InChI=1S/C24H22N4O5/c25-24(31)28-19(15-5-4-8-18(11-15)33-17-6-2-1-3-7-17)13-22(29)26-16-9-10-21-20(12-16)27-23(30)14-32-21/h1-12,19H,13-14H2,(H,26,29)(H,27,30)(H3,25,28,31). The molecule has 1 atom stereocenters. The SMILES string of the molecule is NC(=O)NC(CC(=O)Nc1ccc2c(c1)NC(=O)CO2)c1cccc(Oc2ccccc2)c1. The van der Waals surface area contributed by atoms with Crippen LogP contribution in [0.5, 0.6) is 17.2 Å². The summed E-state index contributed by atoms with van der Waals surface area (Å²) in [6.07, 6.45) is -0.0718. The smallest absolute Gasteiger partial charge is 0.312 e. The van der Waals surface area contributed by atoms with Crippen LogP contribution in [0.25, 0.3) is 0 Å². The maximum atomic E-state index is 12.7. The molecule has 1 aliphatic rings. The number of carbonyl (C=O) groups is 3. The highest BCUT2D eigenvalue weighted by molar-refractivity contribution is 5.97. The lowest BCUT2D eigenvalue weighted by Gasteiger charge is -2.20. The molecule has 9 nitrogen and oxygen atoms in total. The fraction of sp³-hybridized carbons (Fsp3) is 0.125. The lowest BCUT2D eigenvalue weighted by molar-refractivity contribution is -0.118. The van der Waals surface area contributed by atoms with Gasteiger partial charge in [-0.1, -0.05) is 30.3 Å². The van der Waals surface area contributed by atoms with Gasteiger partial charge in [0.1, 0.15) is 17.2 Å². The van der Waals surface area contributed by atoms with E-state index in [0.29, 0.717) is 34.2 Å². The molecule has 33 heavy (non-hydrogen) atoms. The number of amides is 4. The maximum absolute atomic E-state index is 12.7. The number of carbonyl (C=O) groups excluding carboxylic acids is 3. The molecule has 5 N–H and O–H groups in total. The summed E-state index contributed by atoms with van der Waals surface area (Å²) in [5, 5.41) is 8.06. The van der Waals surface area contributed by atoms with Gasteiger partial charge in [0, 0.05) is 5.69 Å². The molecule has 0 spiro atoms. The lowest BCUT2D eigenvalue weighted by Crippen LogP contribution is -2.35. The molecule has 4 rings (SSSR count). The van der Waals surface area contributed by atoms with E-state index in [2.05, 4.69) is 16.0 Å². The molecule has 0 aliphatic carbocycles.